The summed E-state index contributed by atoms with van der Waals surface area (Å²) < 4.78 is 21.5. The zero-order valence-corrected chi connectivity index (χ0v) is 17.7. The van der Waals surface area contributed by atoms with Gasteiger partial charge in [0.15, 0.2) is 0 Å². The van der Waals surface area contributed by atoms with Crippen LogP contribution in [0.5, 0.6) is 23.0 Å². The third-order valence-electron chi connectivity index (χ3n) is 4.41. The van der Waals surface area contributed by atoms with E-state index in [1.54, 1.807) is 50.6 Å². The highest BCUT2D eigenvalue weighted by atomic mass is 35.5. The molecule has 6 nitrogen and oxygen atoms in total. The van der Waals surface area contributed by atoms with E-state index in [1.807, 2.05) is 24.3 Å². The zero-order chi connectivity index (χ0) is 21.5. The minimum Gasteiger partial charge on any atom is -0.497 e. The highest BCUT2D eigenvalue weighted by Gasteiger charge is 2.12. The highest BCUT2D eigenvalue weighted by molar-refractivity contribution is 6.32. The Morgan fingerprint density at radius 2 is 1.50 bits per heavy atom. The summed E-state index contributed by atoms with van der Waals surface area (Å²) in [7, 11) is 4.72. The van der Waals surface area contributed by atoms with Gasteiger partial charge < -0.3 is 24.3 Å². The average Bonchev–Trinajstić information content (AvgIpc) is 2.78. The molecule has 0 aliphatic rings. The van der Waals surface area contributed by atoms with Crippen LogP contribution in [0.25, 0.3) is 0 Å². The molecule has 0 saturated heterocycles. The number of amides is 1. The molecule has 0 radical (unpaired) electrons. The summed E-state index contributed by atoms with van der Waals surface area (Å²) >= 11 is 6.13. The van der Waals surface area contributed by atoms with Gasteiger partial charge >= 0.3 is 0 Å². The van der Waals surface area contributed by atoms with Gasteiger partial charge in [0.2, 0.25) is 0 Å². The van der Waals surface area contributed by atoms with Crippen LogP contribution < -0.4 is 24.3 Å². The lowest BCUT2D eigenvalue weighted by atomic mass is 10.1. The minimum absolute atomic E-state index is 0.241. The van der Waals surface area contributed by atoms with Gasteiger partial charge in [-0.1, -0.05) is 11.6 Å². The number of rotatable bonds is 8. The molecule has 0 aromatic heterocycles. The third kappa shape index (κ3) is 5.15. The number of nitrogens with one attached hydrogen (secondary N) is 1. The Labute approximate surface area is 180 Å². The summed E-state index contributed by atoms with van der Waals surface area (Å²) in [6.07, 6.45) is 0. The maximum absolute atomic E-state index is 12.7. The number of carbonyl (C=O) groups is 1. The number of anilines is 1. The molecular formula is C23H22ClNO5. The van der Waals surface area contributed by atoms with Crippen molar-refractivity contribution in [3.63, 3.8) is 0 Å². The summed E-state index contributed by atoms with van der Waals surface area (Å²) in [6, 6.07) is 17.5. The first-order valence-corrected chi connectivity index (χ1v) is 9.50. The molecule has 7 heteroatoms. The second-order valence-electron chi connectivity index (χ2n) is 6.29. The van der Waals surface area contributed by atoms with Crippen LogP contribution in [-0.2, 0) is 6.61 Å². The fraction of sp³-hybridized carbons (Fsp3) is 0.174. The summed E-state index contributed by atoms with van der Waals surface area (Å²) in [5, 5.41) is 3.24. The van der Waals surface area contributed by atoms with E-state index >= 15 is 0 Å². The maximum atomic E-state index is 12.7. The topological polar surface area (TPSA) is 66.0 Å². The van der Waals surface area contributed by atoms with E-state index in [-0.39, 0.29) is 12.5 Å². The van der Waals surface area contributed by atoms with E-state index in [4.69, 9.17) is 30.5 Å². The number of methoxy groups -OCH3 is 3. The Morgan fingerprint density at radius 3 is 2.13 bits per heavy atom. The predicted octanol–water partition coefficient (Wildman–Crippen LogP) is 5.20. The van der Waals surface area contributed by atoms with E-state index in [0.717, 1.165) is 11.3 Å². The van der Waals surface area contributed by atoms with E-state index in [9.17, 15) is 4.79 Å². The molecule has 3 aromatic rings. The summed E-state index contributed by atoms with van der Waals surface area (Å²) in [5.74, 6) is 2.33. The van der Waals surface area contributed by atoms with Crippen molar-refractivity contribution >= 4 is 23.2 Å². The van der Waals surface area contributed by atoms with Crippen molar-refractivity contribution in [2.24, 2.45) is 0 Å². The Bertz CT molecular complexity index is 1020. The van der Waals surface area contributed by atoms with Crippen molar-refractivity contribution in [3.8, 4) is 23.0 Å². The number of ether oxygens (including phenoxy) is 4. The van der Waals surface area contributed by atoms with Gasteiger partial charge in [-0.2, -0.15) is 0 Å². The van der Waals surface area contributed by atoms with Crippen LogP contribution >= 0.6 is 11.6 Å². The van der Waals surface area contributed by atoms with E-state index in [1.165, 1.54) is 7.11 Å². The molecule has 0 aliphatic carbocycles. The van der Waals surface area contributed by atoms with Gasteiger partial charge in [-0.3, -0.25) is 4.79 Å². The number of halogens is 1. The van der Waals surface area contributed by atoms with Crippen LogP contribution in [0.3, 0.4) is 0 Å². The minimum atomic E-state index is -0.274. The lowest BCUT2D eigenvalue weighted by molar-refractivity contribution is 0.102. The van der Waals surface area contributed by atoms with E-state index in [2.05, 4.69) is 5.32 Å². The van der Waals surface area contributed by atoms with Crippen LogP contribution in [0.15, 0.2) is 60.7 Å². The van der Waals surface area contributed by atoms with Crippen molar-refractivity contribution in [2.45, 2.75) is 6.61 Å². The van der Waals surface area contributed by atoms with Crippen LogP contribution in [0.1, 0.15) is 15.9 Å². The highest BCUT2D eigenvalue weighted by Crippen LogP contribution is 2.28. The second-order valence-corrected chi connectivity index (χ2v) is 6.70. The van der Waals surface area contributed by atoms with Crippen molar-refractivity contribution < 1.29 is 23.7 Å². The molecule has 3 aromatic carbocycles. The molecule has 0 atom stereocenters. The quantitative estimate of drug-likeness (QED) is 0.535. The molecule has 0 saturated carbocycles. The molecule has 1 N–H and O–H groups in total. The van der Waals surface area contributed by atoms with Crippen molar-refractivity contribution in [2.75, 3.05) is 26.6 Å². The van der Waals surface area contributed by atoms with Crippen molar-refractivity contribution in [1.29, 1.82) is 0 Å². The Kier molecular flexibility index (Phi) is 7.03. The Morgan fingerprint density at radius 1 is 0.833 bits per heavy atom. The van der Waals surface area contributed by atoms with Crippen LogP contribution in [0.2, 0.25) is 5.02 Å². The number of hydrogen-bond donors (Lipinski definition) is 1. The van der Waals surface area contributed by atoms with E-state index in [0.29, 0.717) is 33.5 Å². The van der Waals surface area contributed by atoms with Crippen LogP contribution in [-0.4, -0.2) is 27.2 Å². The first-order chi connectivity index (χ1) is 14.5. The van der Waals surface area contributed by atoms with E-state index < -0.39 is 0 Å². The second kappa shape index (κ2) is 9.89. The van der Waals surface area contributed by atoms with Gasteiger partial charge in [0, 0.05) is 16.8 Å². The smallest absolute Gasteiger partial charge is 0.255 e. The van der Waals surface area contributed by atoms with Gasteiger partial charge in [-0.15, -0.1) is 0 Å². The standard InChI is InChI=1S/C23H22ClNO5/c1-27-18-6-8-19(9-7-18)30-14-16-12-15(4-10-21(16)28-2)23(26)25-17-5-11-22(29-3)20(24)13-17/h4-13H,14H2,1-3H3,(H,25,26). The number of hydrogen-bond acceptors (Lipinski definition) is 5. The molecule has 30 heavy (non-hydrogen) atoms. The molecule has 0 heterocycles. The first-order valence-electron chi connectivity index (χ1n) is 9.12. The monoisotopic (exact) mass is 427 g/mol. The fourth-order valence-electron chi connectivity index (χ4n) is 2.81. The molecule has 156 valence electrons. The molecule has 0 fully saturated rings. The predicted molar refractivity (Wildman–Crippen MR) is 116 cm³/mol. The lowest BCUT2D eigenvalue weighted by Gasteiger charge is -2.13. The summed E-state index contributed by atoms with van der Waals surface area (Å²) in [4.78, 5) is 12.7. The van der Waals surface area contributed by atoms with Crippen molar-refractivity contribution in [3.05, 3.63) is 76.8 Å². The van der Waals surface area contributed by atoms with Gasteiger partial charge in [0.1, 0.15) is 29.6 Å². The molecule has 3 rings (SSSR count). The molecule has 0 bridgehead atoms. The number of carbonyl (C=O) groups excluding carboxylic acids is 1. The molecule has 0 spiro atoms. The van der Waals surface area contributed by atoms with Gasteiger partial charge in [-0.05, 0) is 60.7 Å². The molecule has 0 unspecified atom stereocenters. The summed E-state index contributed by atoms with van der Waals surface area (Å²) in [6.45, 7) is 0.241. The van der Waals surface area contributed by atoms with Gasteiger partial charge in [0.25, 0.3) is 5.91 Å². The van der Waals surface area contributed by atoms with Gasteiger partial charge in [0.05, 0.1) is 26.4 Å². The SMILES string of the molecule is COc1ccc(OCc2cc(C(=O)Nc3ccc(OC)c(Cl)c3)ccc2OC)cc1. The largest absolute Gasteiger partial charge is 0.497 e. The zero-order valence-electron chi connectivity index (χ0n) is 16.9. The normalized spacial score (nSPS) is 10.3. The van der Waals surface area contributed by atoms with Crippen LogP contribution in [0, 0.1) is 0 Å². The number of benzene rings is 3. The molecular weight excluding hydrogens is 406 g/mol. The lowest BCUT2D eigenvalue weighted by Crippen LogP contribution is -2.13. The third-order valence-corrected chi connectivity index (χ3v) is 4.70. The maximum Gasteiger partial charge on any atom is 0.255 e. The first kappa shape index (κ1) is 21.3. The Balaban J connectivity index is 1.73. The summed E-state index contributed by atoms with van der Waals surface area (Å²) in [5.41, 5.74) is 1.78. The van der Waals surface area contributed by atoms with Crippen LogP contribution in [0.4, 0.5) is 5.69 Å². The average molecular weight is 428 g/mol. The Hall–Kier alpha value is -3.38. The molecule has 0 aliphatic heterocycles. The van der Waals surface area contributed by atoms with Crippen molar-refractivity contribution in [1.82, 2.24) is 0 Å². The van der Waals surface area contributed by atoms with Gasteiger partial charge in [-0.25, -0.2) is 0 Å². The fourth-order valence-corrected chi connectivity index (χ4v) is 3.07. The molecule has 1 amide bonds.